The predicted molar refractivity (Wildman–Crippen MR) is 65.5 cm³/mol. The van der Waals surface area contributed by atoms with Gasteiger partial charge in [0, 0.05) is 29.0 Å². The molecule has 1 fully saturated rings. The molecule has 1 N–H and O–H groups in total. The van der Waals surface area contributed by atoms with Crippen LogP contribution in [0, 0.1) is 0 Å². The van der Waals surface area contributed by atoms with Crippen LogP contribution in [0.15, 0.2) is 11.7 Å². The molecular formula is C11H17ClN2S. The fraction of sp³-hybridized carbons (Fsp3) is 0.727. The van der Waals surface area contributed by atoms with E-state index in [0.717, 1.165) is 13.0 Å². The third-order valence-corrected chi connectivity index (χ3v) is 4.26. The highest BCUT2D eigenvalue weighted by Gasteiger charge is 2.20. The lowest BCUT2D eigenvalue weighted by Crippen LogP contribution is -2.35. The highest BCUT2D eigenvalue weighted by molar-refractivity contribution is 7.09. The number of rotatable bonds is 3. The lowest BCUT2D eigenvalue weighted by molar-refractivity contribution is 0.466. The Morgan fingerprint density at radius 3 is 3.07 bits per heavy atom. The van der Waals surface area contributed by atoms with Crippen molar-refractivity contribution in [3.63, 3.8) is 0 Å². The number of alkyl halides is 1. The molecule has 4 heteroatoms. The van der Waals surface area contributed by atoms with Crippen LogP contribution in [0.5, 0.6) is 0 Å². The van der Waals surface area contributed by atoms with Gasteiger partial charge in [-0.05, 0) is 12.8 Å². The molecule has 1 aliphatic rings. The smallest absolute Gasteiger partial charge is 0.0794 e. The number of nitrogens with one attached hydrogen (secondary N) is 1. The first kappa shape index (κ1) is 11.4. The van der Waals surface area contributed by atoms with Gasteiger partial charge in [0.15, 0.2) is 0 Å². The van der Waals surface area contributed by atoms with Crippen LogP contribution in [0.4, 0.5) is 0 Å². The second-order valence-corrected chi connectivity index (χ2v) is 5.64. The van der Waals surface area contributed by atoms with Gasteiger partial charge in [-0.25, -0.2) is 0 Å². The molecule has 1 saturated carbocycles. The van der Waals surface area contributed by atoms with Gasteiger partial charge in [-0.1, -0.05) is 19.3 Å². The molecule has 2 nitrogen and oxygen atoms in total. The van der Waals surface area contributed by atoms with Crippen LogP contribution >= 0.6 is 22.9 Å². The van der Waals surface area contributed by atoms with Gasteiger partial charge in [0.05, 0.1) is 5.51 Å². The van der Waals surface area contributed by atoms with Crippen molar-refractivity contribution in [1.29, 1.82) is 0 Å². The van der Waals surface area contributed by atoms with Crippen molar-refractivity contribution in [1.82, 2.24) is 10.3 Å². The average Bonchev–Trinajstić information content (AvgIpc) is 2.67. The first-order valence-electron chi connectivity index (χ1n) is 5.61. The molecule has 0 aliphatic heterocycles. The summed E-state index contributed by atoms with van der Waals surface area (Å²) in [5.74, 6) is 0. The standard InChI is InChI=1S/C11H17ClN2S/c12-10-4-2-1-3-5-11(10)14-7-9-6-13-8-15-9/h6,8,10-11,14H,1-5,7H2. The van der Waals surface area contributed by atoms with Crippen molar-refractivity contribution in [2.45, 2.75) is 50.1 Å². The number of hydrogen-bond donors (Lipinski definition) is 1. The summed E-state index contributed by atoms with van der Waals surface area (Å²) in [6, 6.07) is 0.483. The van der Waals surface area contributed by atoms with Crippen LogP contribution in [0.2, 0.25) is 0 Å². The van der Waals surface area contributed by atoms with Crippen molar-refractivity contribution < 1.29 is 0 Å². The Labute approximate surface area is 100 Å². The van der Waals surface area contributed by atoms with Crippen LogP contribution < -0.4 is 5.32 Å². The SMILES string of the molecule is ClC1CCCCCC1NCc1cncs1. The third-order valence-electron chi connectivity index (χ3n) is 2.95. The largest absolute Gasteiger partial charge is 0.308 e. The van der Waals surface area contributed by atoms with Crippen LogP contribution in [-0.4, -0.2) is 16.4 Å². The zero-order valence-electron chi connectivity index (χ0n) is 8.79. The Bertz CT molecular complexity index is 276. The Hall–Kier alpha value is -0.120. The quantitative estimate of drug-likeness (QED) is 0.653. The molecule has 15 heavy (non-hydrogen) atoms. The van der Waals surface area contributed by atoms with Gasteiger partial charge < -0.3 is 5.32 Å². The average molecular weight is 245 g/mol. The topological polar surface area (TPSA) is 24.9 Å². The van der Waals surface area contributed by atoms with Crippen LogP contribution in [0.25, 0.3) is 0 Å². The lowest BCUT2D eigenvalue weighted by atomic mass is 10.1. The second kappa shape index (κ2) is 5.83. The highest BCUT2D eigenvalue weighted by atomic mass is 35.5. The first-order chi connectivity index (χ1) is 7.36. The summed E-state index contributed by atoms with van der Waals surface area (Å²) in [4.78, 5) is 5.36. The van der Waals surface area contributed by atoms with E-state index >= 15 is 0 Å². The molecule has 0 bridgehead atoms. The van der Waals surface area contributed by atoms with Crippen LogP contribution in [0.1, 0.15) is 37.0 Å². The molecule has 1 aromatic rings. The third kappa shape index (κ3) is 3.44. The summed E-state index contributed by atoms with van der Waals surface area (Å²) in [6.45, 7) is 0.915. The Morgan fingerprint density at radius 1 is 1.40 bits per heavy atom. The number of nitrogens with zero attached hydrogens (tertiary/aromatic N) is 1. The maximum atomic E-state index is 6.35. The molecule has 0 saturated heterocycles. The summed E-state index contributed by atoms with van der Waals surface area (Å²) >= 11 is 8.05. The van der Waals surface area contributed by atoms with E-state index in [2.05, 4.69) is 10.3 Å². The van der Waals surface area contributed by atoms with E-state index in [0.29, 0.717) is 11.4 Å². The van der Waals surface area contributed by atoms with Crippen molar-refractivity contribution >= 4 is 22.9 Å². The number of halogens is 1. The molecule has 2 unspecified atom stereocenters. The van der Waals surface area contributed by atoms with Gasteiger partial charge in [0.25, 0.3) is 0 Å². The van der Waals surface area contributed by atoms with E-state index in [1.807, 2.05) is 11.7 Å². The number of aromatic nitrogens is 1. The van der Waals surface area contributed by atoms with Crippen LogP contribution in [0.3, 0.4) is 0 Å². The van der Waals surface area contributed by atoms with E-state index in [1.54, 1.807) is 11.3 Å². The molecule has 2 rings (SSSR count). The summed E-state index contributed by atoms with van der Waals surface area (Å²) in [6.07, 6.45) is 8.23. The lowest BCUT2D eigenvalue weighted by Gasteiger charge is -2.20. The van der Waals surface area contributed by atoms with Crippen molar-refractivity contribution in [3.8, 4) is 0 Å². The zero-order valence-corrected chi connectivity index (χ0v) is 10.4. The van der Waals surface area contributed by atoms with Crippen LogP contribution in [-0.2, 0) is 6.54 Å². The summed E-state index contributed by atoms with van der Waals surface area (Å²) in [5.41, 5.74) is 1.88. The van der Waals surface area contributed by atoms with E-state index in [-0.39, 0.29) is 0 Å². The van der Waals surface area contributed by atoms with Gasteiger partial charge in [-0.2, -0.15) is 0 Å². The van der Waals surface area contributed by atoms with E-state index in [4.69, 9.17) is 11.6 Å². The van der Waals surface area contributed by atoms with Crippen molar-refractivity contribution in [2.24, 2.45) is 0 Å². The van der Waals surface area contributed by atoms with Crippen molar-refractivity contribution in [2.75, 3.05) is 0 Å². The van der Waals surface area contributed by atoms with Gasteiger partial charge in [0.1, 0.15) is 0 Å². The summed E-state index contributed by atoms with van der Waals surface area (Å²) in [7, 11) is 0. The highest BCUT2D eigenvalue weighted by Crippen LogP contribution is 2.22. The molecule has 0 spiro atoms. The minimum atomic E-state index is 0.306. The Kier molecular flexibility index (Phi) is 4.42. The maximum absolute atomic E-state index is 6.35. The Balaban J connectivity index is 1.81. The minimum Gasteiger partial charge on any atom is -0.308 e. The fourth-order valence-electron chi connectivity index (χ4n) is 2.05. The molecule has 0 aromatic carbocycles. The predicted octanol–water partition coefficient (Wildman–Crippen LogP) is 3.17. The van der Waals surface area contributed by atoms with E-state index in [1.165, 1.54) is 30.6 Å². The summed E-state index contributed by atoms with van der Waals surface area (Å²) in [5, 5.41) is 3.86. The molecule has 1 aliphatic carbocycles. The first-order valence-corrected chi connectivity index (χ1v) is 6.92. The molecule has 2 atom stereocenters. The molecule has 0 radical (unpaired) electrons. The maximum Gasteiger partial charge on any atom is 0.0794 e. The molecule has 1 aromatic heterocycles. The van der Waals surface area contributed by atoms with Gasteiger partial charge in [-0.15, -0.1) is 22.9 Å². The zero-order chi connectivity index (χ0) is 10.5. The molecule has 84 valence electrons. The van der Waals surface area contributed by atoms with E-state index < -0.39 is 0 Å². The molecular weight excluding hydrogens is 228 g/mol. The number of thiazole rings is 1. The number of hydrogen-bond acceptors (Lipinski definition) is 3. The fourth-order valence-corrected chi connectivity index (χ4v) is 2.97. The van der Waals surface area contributed by atoms with E-state index in [9.17, 15) is 0 Å². The van der Waals surface area contributed by atoms with Gasteiger partial charge in [0.2, 0.25) is 0 Å². The Morgan fingerprint density at radius 2 is 2.27 bits per heavy atom. The summed E-state index contributed by atoms with van der Waals surface area (Å²) < 4.78 is 0. The molecule has 0 amide bonds. The normalized spacial score (nSPS) is 27.5. The molecule has 1 heterocycles. The second-order valence-electron chi connectivity index (χ2n) is 4.11. The monoisotopic (exact) mass is 244 g/mol. The minimum absolute atomic E-state index is 0.306. The van der Waals surface area contributed by atoms with Gasteiger partial charge in [-0.3, -0.25) is 4.98 Å². The van der Waals surface area contributed by atoms with Crippen molar-refractivity contribution in [3.05, 3.63) is 16.6 Å². The van der Waals surface area contributed by atoms with Gasteiger partial charge >= 0.3 is 0 Å².